The SMILES string of the molecule is COC(=O)CCCNCC(C)C1CC1. The molecule has 0 radical (unpaired) electrons. The molecule has 0 amide bonds. The molecule has 14 heavy (non-hydrogen) atoms. The van der Waals surface area contributed by atoms with Crippen LogP contribution in [0.1, 0.15) is 32.6 Å². The molecule has 0 aromatic rings. The Morgan fingerprint density at radius 1 is 1.57 bits per heavy atom. The molecule has 1 N–H and O–H groups in total. The molecular weight excluding hydrogens is 178 g/mol. The number of hydrogen-bond acceptors (Lipinski definition) is 3. The second-order valence-electron chi connectivity index (χ2n) is 4.20. The van der Waals surface area contributed by atoms with Gasteiger partial charge in [-0.3, -0.25) is 4.79 Å². The molecule has 0 bridgehead atoms. The van der Waals surface area contributed by atoms with Gasteiger partial charge in [0.1, 0.15) is 0 Å². The van der Waals surface area contributed by atoms with Crippen LogP contribution in [-0.4, -0.2) is 26.2 Å². The highest BCUT2D eigenvalue weighted by atomic mass is 16.5. The molecule has 3 nitrogen and oxygen atoms in total. The minimum Gasteiger partial charge on any atom is -0.469 e. The van der Waals surface area contributed by atoms with E-state index in [-0.39, 0.29) is 5.97 Å². The summed E-state index contributed by atoms with van der Waals surface area (Å²) in [4.78, 5) is 10.8. The summed E-state index contributed by atoms with van der Waals surface area (Å²) < 4.78 is 4.56. The molecule has 0 heterocycles. The van der Waals surface area contributed by atoms with Gasteiger partial charge in [-0.05, 0) is 44.2 Å². The lowest BCUT2D eigenvalue weighted by Gasteiger charge is -2.10. The minimum absolute atomic E-state index is 0.109. The third-order valence-corrected chi connectivity index (χ3v) is 2.86. The van der Waals surface area contributed by atoms with Crippen molar-refractivity contribution in [1.82, 2.24) is 5.32 Å². The van der Waals surface area contributed by atoms with Crippen molar-refractivity contribution in [2.24, 2.45) is 11.8 Å². The highest BCUT2D eigenvalue weighted by Gasteiger charge is 2.27. The van der Waals surface area contributed by atoms with E-state index < -0.39 is 0 Å². The van der Waals surface area contributed by atoms with E-state index >= 15 is 0 Å². The van der Waals surface area contributed by atoms with Crippen LogP contribution in [-0.2, 0) is 9.53 Å². The van der Waals surface area contributed by atoms with Crippen LogP contribution in [0.15, 0.2) is 0 Å². The quantitative estimate of drug-likeness (QED) is 0.499. The van der Waals surface area contributed by atoms with Crippen molar-refractivity contribution in [2.75, 3.05) is 20.2 Å². The van der Waals surface area contributed by atoms with Crippen molar-refractivity contribution in [2.45, 2.75) is 32.6 Å². The zero-order chi connectivity index (χ0) is 10.4. The third-order valence-electron chi connectivity index (χ3n) is 2.86. The summed E-state index contributed by atoms with van der Waals surface area (Å²) in [5, 5.41) is 3.38. The van der Waals surface area contributed by atoms with Crippen molar-refractivity contribution in [1.29, 1.82) is 0 Å². The Balaban J connectivity index is 1.86. The van der Waals surface area contributed by atoms with Crippen LogP contribution in [0, 0.1) is 11.8 Å². The summed E-state index contributed by atoms with van der Waals surface area (Å²) in [6, 6.07) is 0. The molecule has 0 spiro atoms. The molecule has 1 rings (SSSR count). The number of methoxy groups -OCH3 is 1. The van der Waals surface area contributed by atoms with E-state index in [4.69, 9.17) is 0 Å². The lowest BCUT2D eigenvalue weighted by molar-refractivity contribution is -0.140. The monoisotopic (exact) mass is 199 g/mol. The maximum atomic E-state index is 10.8. The first kappa shape index (κ1) is 11.5. The van der Waals surface area contributed by atoms with Crippen molar-refractivity contribution in [3.63, 3.8) is 0 Å². The molecular formula is C11H21NO2. The predicted molar refractivity (Wildman–Crippen MR) is 56.0 cm³/mol. The van der Waals surface area contributed by atoms with Crippen LogP contribution in [0.2, 0.25) is 0 Å². The average Bonchev–Trinajstić information content (AvgIpc) is 2.99. The first-order chi connectivity index (χ1) is 6.74. The van der Waals surface area contributed by atoms with Crippen LogP contribution in [0.25, 0.3) is 0 Å². The average molecular weight is 199 g/mol. The Morgan fingerprint density at radius 2 is 2.29 bits per heavy atom. The van der Waals surface area contributed by atoms with Gasteiger partial charge in [0.05, 0.1) is 7.11 Å². The van der Waals surface area contributed by atoms with Crippen molar-refractivity contribution >= 4 is 5.97 Å². The first-order valence-electron chi connectivity index (χ1n) is 5.51. The maximum absolute atomic E-state index is 10.8. The van der Waals surface area contributed by atoms with Gasteiger partial charge in [-0.1, -0.05) is 6.92 Å². The van der Waals surface area contributed by atoms with Gasteiger partial charge < -0.3 is 10.1 Å². The smallest absolute Gasteiger partial charge is 0.305 e. The van der Waals surface area contributed by atoms with Gasteiger partial charge in [-0.2, -0.15) is 0 Å². The molecule has 0 aromatic heterocycles. The van der Waals surface area contributed by atoms with E-state index in [0.717, 1.165) is 31.3 Å². The van der Waals surface area contributed by atoms with Crippen molar-refractivity contribution < 1.29 is 9.53 Å². The molecule has 0 aliphatic heterocycles. The van der Waals surface area contributed by atoms with Gasteiger partial charge in [0, 0.05) is 6.42 Å². The molecule has 1 atom stereocenters. The zero-order valence-corrected chi connectivity index (χ0v) is 9.21. The van der Waals surface area contributed by atoms with E-state index in [1.54, 1.807) is 0 Å². The molecule has 0 saturated heterocycles. The third kappa shape index (κ3) is 4.61. The first-order valence-corrected chi connectivity index (χ1v) is 5.51. The number of carbonyl (C=O) groups excluding carboxylic acids is 1. The summed E-state index contributed by atoms with van der Waals surface area (Å²) in [6.45, 7) is 4.31. The standard InChI is InChI=1S/C11H21NO2/c1-9(10-5-6-10)8-12-7-3-4-11(13)14-2/h9-10,12H,3-8H2,1-2H3. The van der Waals surface area contributed by atoms with Gasteiger partial charge in [-0.25, -0.2) is 0 Å². The van der Waals surface area contributed by atoms with E-state index in [9.17, 15) is 4.79 Å². The maximum Gasteiger partial charge on any atom is 0.305 e. The summed E-state index contributed by atoms with van der Waals surface area (Å²) in [7, 11) is 1.44. The van der Waals surface area contributed by atoms with E-state index in [2.05, 4.69) is 17.0 Å². The number of rotatable bonds is 7. The fraction of sp³-hybridized carbons (Fsp3) is 0.909. The van der Waals surface area contributed by atoms with Gasteiger partial charge in [0.2, 0.25) is 0 Å². The molecule has 0 aromatic carbocycles. The van der Waals surface area contributed by atoms with Gasteiger partial charge >= 0.3 is 5.97 Å². The summed E-state index contributed by atoms with van der Waals surface area (Å²) >= 11 is 0. The second-order valence-corrected chi connectivity index (χ2v) is 4.20. The van der Waals surface area contributed by atoms with Crippen LogP contribution in [0.4, 0.5) is 0 Å². The van der Waals surface area contributed by atoms with Crippen molar-refractivity contribution in [3.05, 3.63) is 0 Å². The van der Waals surface area contributed by atoms with E-state index in [1.807, 2.05) is 0 Å². The lowest BCUT2D eigenvalue weighted by Crippen LogP contribution is -2.23. The molecule has 3 heteroatoms. The molecule has 1 fully saturated rings. The molecule has 82 valence electrons. The molecule has 1 unspecified atom stereocenters. The van der Waals surface area contributed by atoms with Crippen LogP contribution >= 0.6 is 0 Å². The Hall–Kier alpha value is -0.570. The summed E-state index contributed by atoms with van der Waals surface area (Å²) in [6.07, 6.45) is 4.22. The largest absolute Gasteiger partial charge is 0.469 e. The molecule has 1 aliphatic rings. The van der Waals surface area contributed by atoms with Crippen LogP contribution in [0.3, 0.4) is 0 Å². The number of hydrogen-bond donors (Lipinski definition) is 1. The van der Waals surface area contributed by atoms with Gasteiger partial charge in [0.25, 0.3) is 0 Å². The minimum atomic E-state index is -0.109. The number of ether oxygens (including phenoxy) is 1. The fourth-order valence-corrected chi connectivity index (χ4v) is 1.62. The highest BCUT2D eigenvalue weighted by molar-refractivity contribution is 5.68. The zero-order valence-electron chi connectivity index (χ0n) is 9.21. The molecule has 1 aliphatic carbocycles. The van der Waals surface area contributed by atoms with Crippen LogP contribution < -0.4 is 5.32 Å². The topological polar surface area (TPSA) is 38.3 Å². The summed E-state index contributed by atoms with van der Waals surface area (Å²) in [5.74, 6) is 1.65. The van der Waals surface area contributed by atoms with Crippen LogP contribution in [0.5, 0.6) is 0 Å². The van der Waals surface area contributed by atoms with E-state index in [1.165, 1.54) is 20.0 Å². The Morgan fingerprint density at radius 3 is 2.86 bits per heavy atom. The summed E-state index contributed by atoms with van der Waals surface area (Å²) in [5.41, 5.74) is 0. The fourth-order valence-electron chi connectivity index (χ4n) is 1.62. The normalized spacial score (nSPS) is 17.9. The van der Waals surface area contributed by atoms with E-state index in [0.29, 0.717) is 6.42 Å². The lowest BCUT2D eigenvalue weighted by atomic mass is 10.1. The Labute approximate surface area is 86.2 Å². The molecule has 1 saturated carbocycles. The number of esters is 1. The van der Waals surface area contributed by atoms with Crippen molar-refractivity contribution in [3.8, 4) is 0 Å². The number of carbonyl (C=O) groups is 1. The van der Waals surface area contributed by atoms with Gasteiger partial charge in [0.15, 0.2) is 0 Å². The van der Waals surface area contributed by atoms with Gasteiger partial charge in [-0.15, -0.1) is 0 Å². The number of nitrogens with one attached hydrogen (secondary N) is 1. The Bertz CT molecular complexity index is 178. The highest BCUT2D eigenvalue weighted by Crippen LogP contribution is 2.35. The second kappa shape index (κ2) is 6.02. The Kier molecular flexibility index (Phi) is 4.94. The predicted octanol–water partition coefficient (Wildman–Crippen LogP) is 1.58.